The summed E-state index contributed by atoms with van der Waals surface area (Å²) in [6, 6.07) is 7.48. The van der Waals surface area contributed by atoms with E-state index in [1.165, 1.54) is 6.26 Å². The fourth-order valence-electron chi connectivity index (χ4n) is 1.58. The van der Waals surface area contributed by atoms with Crippen LogP contribution in [0.3, 0.4) is 0 Å². The molecule has 2 aromatic rings. The fraction of sp³-hybridized carbons (Fsp3) is 0.250. The highest BCUT2D eigenvalue weighted by Gasteiger charge is 2.16. The lowest BCUT2D eigenvalue weighted by atomic mass is 10.1. The van der Waals surface area contributed by atoms with Gasteiger partial charge in [0, 0.05) is 24.9 Å². The van der Waals surface area contributed by atoms with Gasteiger partial charge in [-0.25, -0.2) is 0 Å². The average Bonchev–Trinajstić information content (AvgIpc) is 2.72. The summed E-state index contributed by atoms with van der Waals surface area (Å²) < 4.78 is 5.32. The average molecular weight is 238 g/mol. The highest BCUT2D eigenvalue weighted by atomic mass is 35.5. The molecule has 1 heterocycles. The minimum atomic E-state index is -0.0643. The molecule has 16 heavy (non-hydrogen) atoms. The molecular formula is C12H12ClNO2. The second-order valence-corrected chi connectivity index (χ2v) is 3.94. The quantitative estimate of drug-likeness (QED) is 0.769. The van der Waals surface area contributed by atoms with Crippen LogP contribution in [0.15, 0.2) is 34.9 Å². The van der Waals surface area contributed by atoms with E-state index < -0.39 is 0 Å². The minimum absolute atomic E-state index is 0.0643. The van der Waals surface area contributed by atoms with E-state index in [1.54, 1.807) is 11.9 Å². The lowest BCUT2D eigenvalue weighted by Crippen LogP contribution is -2.28. The lowest BCUT2D eigenvalue weighted by Gasteiger charge is -2.14. The summed E-state index contributed by atoms with van der Waals surface area (Å²) in [6.45, 7) is 0.528. The number of fused-ring (bicyclic) bond motifs is 1. The molecule has 1 aromatic carbocycles. The van der Waals surface area contributed by atoms with Crippen LogP contribution in [0.1, 0.15) is 10.4 Å². The molecule has 0 saturated carbocycles. The highest BCUT2D eigenvalue weighted by Crippen LogP contribution is 2.21. The van der Waals surface area contributed by atoms with Crippen LogP contribution in [0.25, 0.3) is 11.0 Å². The first kappa shape index (κ1) is 11.0. The molecule has 0 radical (unpaired) electrons. The van der Waals surface area contributed by atoms with Crippen molar-refractivity contribution in [3.05, 3.63) is 36.1 Å². The van der Waals surface area contributed by atoms with E-state index in [0.717, 1.165) is 11.0 Å². The second kappa shape index (κ2) is 4.58. The van der Waals surface area contributed by atoms with Gasteiger partial charge < -0.3 is 9.32 Å². The summed E-state index contributed by atoms with van der Waals surface area (Å²) >= 11 is 5.60. The Hall–Kier alpha value is -1.48. The van der Waals surface area contributed by atoms with Crippen molar-refractivity contribution in [2.45, 2.75) is 0 Å². The van der Waals surface area contributed by atoms with E-state index in [9.17, 15) is 4.79 Å². The Bertz CT molecular complexity index is 506. The molecule has 0 aliphatic heterocycles. The molecule has 0 fully saturated rings. The Balaban J connectivity index is 2.36. The largest absolute Gasteiger partial charge is 0.463 e. The SMILES string of the molecule is CN(CCCl)C(=O)c1coc2ccccc12. The third-order valence-corrected chi connectivity index (χ3v) is 2.65. The molecule has 3 nitrogen and oxygen atoms in total. The van der Waals surface area contributed by atoms with Crippen molar-refractivity contribution in [2.24, 2.45) is 0 Å². The first-order valence-electron chi connectivity index (χ1n) is 5.01. The van der Waals surface area contributed by atoms with Crippen LogP contribution >= 0.6 is 11.6 Å². The van der Waals surface area contributed by atoms with Gasteiger partial charge in [0.15, 0.2) is 0 Å². The van der Waals surface area contributed by atoms with Crippen molar-refractivity contribution in [3.8, 4) is 0 Å². The van der Waals surface area contributed by atoms with Crippen molar-refractivity contribution in [1.82, 2.24) is 4.90 Å². The summed E-state index contributed by atoms with van der Waals surface area (Å²) in [6.07, 6.45) is 1.50. The first-order valence-corrected chi connectivity index (χ1v) is 5.55. The number of hydrogen-bond donors (Lipinski definition) is 0. The molecule has 4 heteroatoms. The molecule has 0 unspecified atom stereocenters. The van der Waals surface area contributed by atoms with Gasteiger partial charge in [-0.15, -0.1) is 11.6 Å². The zero-order valence-corrected chi connectivity index (χ0v) is 9.70. The van der Waals surface area contributed by atoms with Gasteiger partial charge in [-0.2, -0.15) is 0 Å². The minimum Gasteiger partial charge on any atom is -0.463 e. The summed E-state index contributed by atoms with van der Waals surface area (Å²) in [5.41, 5.74) is 1.31. The van der Waals surface area contributed by atoms with Gasteiger partial charge in [0.25, 0.3) is 5.91 Å². The molecule has 0 bridgehead atoms. The normalized spacial score (nSPS) is 10.6. The summed E-state index contributed by atoms with van der Waals surface area (Å²) in [7, 11) is 1.73. The standard InChI is InChI=1S/C12H12ClNO2/c1-14(7-6-13)12(15)10-8-16-11-5-3-2-4-9(10)11/h2-5,8H,6-7H2,1H3. The van der Waals surface area contributed by atoms with Crippen molar-refractivity contribution in [2.75, 3.05) is 19.5 Å². The molecule has 1 amide bonds. The van der Waals surface area contributed by atoms with Gasteiger partial charge in [0.05, 0.1) is 5.56 Å². The predicted molar refractivity (Wildman–Crippen MR) is 63.9 cm³/mol. The van der Waals surface area contributed by atoms with Crippen molar-refractivity contribution in [3.63, 3.8) is 0 Å². The van der Waals surface area contributed by atoms with Crippen molar-refractivity contribution in [1.29, 1.82) is 0 Å². The van der Waals surface area contributed by atoms with Gasteiger partial charge in [-0.3, -0.25) is 4.79 Å². The Kier molecular flexibility index (Phi) is 3.15. The van der Waals surface area contributed by atoms with Crippen LogP contribution in [0.2, 0.25) is 0 Å². The number of carbonyl (C=O) groups is 1. The summed E-state index contributed by atoms with van der Waals surface area (Å²) in [4.78, 5) is 13.6. The van der Waals surface area contributed by atoms with Crippen LogP contribution in [0.4, 0.5) is 0 Å². The van der Waals surface area contributed by atoms with Crippen molar-refractivity contribution < 1.29 is 9.21 Å². The number of carbonyl (C=O) groups excluding carboxylic acids is 1. The van der Waals surface area contributed by atoms with Gasteiger partial charge in [0.2, 0.25) is 0 Å². The fourth-order valence-corrected chi connectivity index (χ4v) is 1.83. The molecule has 0 saturated heterocycles. The van der Waals surface area contributed by atoms with Gasteiger partial charge in [0.1, 0.15) is 11.8 Å². The van der Waals surface area contributed by atoms with Gasteiger partial charge >= 0.3 is 0 Å². The van der Waals surface area contributed by atoms with Crippen molar-refractivity contribution >= 4 is 28.5 Å². The summed E-state index contributed by atoms with van der Waals surface area (Å²) in [5.74, 6) is 0.364. The molecule has 1 aromatic heterocycles. The Morgan fingerprint density at radius 3 is 2.94 bits per heavy atom. The van der Waals surface area contributed by atoms with Gasteiger partial charge in [-0.1, -0.05) is 18.2 Å². The van der Waals surface area contributed by atoms with E-state index in [2.05, 4.69) is 0 Å². The molecule has 0 aliphatic carbocycles. The maximum Gasteiger partial charge on any atom is 0.257 e. The van der Waals surface area contributed by atoms with E-state index >= 15 is 0 Å². The van der Waals surface area contributed by atoms with E-state index in [4.69, 9.17) is 16.0 Å². The maximum atomic E-state index is 12.0. The molecule has 84 valence electrons. The highest BCUT2D eigenvalue weighted by molar-refractivity contribution is 6.18. The maximum absolute atomic E-state index is 12.0. The molecule has 0 aliphatic rings. The third kappa shape index (κ3) is 1.91. The summed E-state index contributed by atoms with van der Waals surface area (Å²) in [5, 5.41) is 0.842. The number of benzene rings is 1. The van der Waals surface area contributed by atoms with Crippen LogP contribution in [0, 0.1) is 0 Å². The lowest BCUT2D eigenvalue weighted by molar-refractivity contribution is 0.0804. The zero-order valence-electron chi connectivity index (χ0n) is 8.94. The van der Waals surface area contributed by atoms with Crippen LogP contribution < -0.4 is 0 Å². The number of furan rings is 1. The Labute approximate surface area is 98.6 Å². The van der Waals surface area contributed by atoms with E-state index in [-0.39, 0.29) is 5.91 Å². The monoisotopic (exact) mass is 237 g/mol. The molecular weight excluding hydrogens is 226 g/mol. The number of alkyl halides is 1. The van der Waals surface area contributed by atoms with Crippen LogP contribution in [-0.4, -0.2) is 30.3 Å². The Morgan fingerprint density at radius 1 is 1.44 bits per heavy atom. The number of rotatable bonds is 3. The smallest absolute Gasteiger partial charge is 0.257 e. The van der Waals surface area contributed by atoms with E-state index in [1.807, 2.05) is 24.3 Å². The molecule has 0 spiro atoms. The van der Waals surface area contributed by atoms with Gasteiger partial charge in [-0.05, 0) is 6.07 Å². The molecule has 2 rings (SSSR count). The second-order valence-electron chi connectivity index (χ2n) is 3.56. The molecule has 0 atom stereocenters. The number of halogens is 1. The topological polar surface area (TPSA) is 33.5 Å². The number of amides is 1. The number of nitrogens with zero attached hydrogens (tertiary/aromatic N) is 1. The zero-order chi connectivity index (χ0) is 11.5. The predicted octanol–water partition coefficient (Wildman–Crippen LogP) is 2.74. The van der Waals surface area contributed by atoms with Crippen LogP contribution in [0.5, 0.6) is 0 Å². The first-order chi connectivity index (χ1) is 7.74. The number of hydrogen-bond acceptors (Lipinski definition) is 2. The third-order valence-electron chi connectivity index (χ3n) is 2.48. The van der Waals surface area contributed by atoms with Crippen LogP contribution in [-0.2, 0) is 0 Å². The van der Waals surface area contributed by atoms with E-state index in [0.29, 0.717) is 18.0 Å². The Morgan fingerprint density at radius 2 is 2.19 bits per heavy atom. The number of para-hydroxylation sites is 1. The molecule has 0 N–H and O–H groups in total.